The lowest BCUT2D eigenvalue weighted by atomic mass is 9.96. The van der Waals surface area contributed by atoms with Gasteiger partial charge in [0, 0.05) is 5.56 Å². The van der Waals surface area contributed by atoms with Crippen molar-refractivity contribution >= 4 is 0 Å². The van der Waals surface area contributed by atoms with Crippen LogP contribution in [0.15, 0.2) is 42.5 Å². The van der Waals surface area contributed by atoms with Gasteiger partial charge in [-0.3, -0.25) is 0 Å². The minimum absolute atomic E-state index is 0.00584. The Hall–Kier alpha value is -2.35. The van der Waals surface area contributed by atoms with Crippen LogP contribution >= 0.6 is 0 Å². The molecule has 0 fully saturated rings. The highest BCUT2D eigenvalue weighted by Crippen LogP contribution is 2.32. The number of benzene rings is 2. The molecule has 0 saturated carbocycles. The maximum Gasteiger partial charge on any atom is 0.416 e. The van der Waals surface area contributed by atoms with Crippen LogP contribution in [0, 0.1) is 17.1 Å². The Morgan fingerprint density at radius 2 is 1.65 bits per heavy atom. The molecule has 2 aromatic carbocycles. The number of hydrogen-bond acceptors (Lipinski definition) is 1. The van der Waals surface area contributed by atoms with Gasteiger partial charge >= 0.3 is 6.18 Å². The SMILES string of the molecule is N#CCc1cccc(F)c1-c1ccc(C(F)(F)F)cc1. The Kier molecular flexibility index (Phi) is 3.75. The Bertz CT molecular complexity index is 651. The molecule has 0 saturated heterocycles. The molecule has 0 aliphatic carbocycles. The largest absolute Gasteiger partial charge is 0.416 e. The van der Waals surface area contributed by atoms with Crippen LogP contribution in [0.25, 0.3) is 11.1 Å². The Morgan fingerprint density at radius 3 is 2.20 bits per heavy atom. The van der Waals surface area contributed by atoms with Crippen molar-refractivity contribution in [2.45, 2.75) is 12.6 Å². The van der Waals surface area contributed by atoms with E-state index < -0.39 is 17.6 Å². The summed E-state index contributed by atoms with van der Waals surface area (Å²) in [6.07, 6.45) is -4.43. The standard InChI is InChI=1S/C15H9F4N/c16-13-3-1-2-10(8-9-20)14(13)11-4-6-12(7-5-11)15(17,18)19/h1-7H,8H2. The highest BCUT2D eigenvalue weighted by Gasteiger charge is 2.30. The smallest absolute Gasteiger partial charge is 0.206 e. The van der Waals surface area contributed by atoms with E-state index in [9.17, 15) is 17.6 Å². The van der Waals surface area contributed by atoms with Crippen LogP contribution in [0.3, 0.4) is 0 Å². The molecule has 0 spiro atoms. The molecule has 0 aliphatic heterocycles. The second-order valence-electron chi connectivity index (χ2n) is 4.18. The van der Waals surface area contributed by atoms with E-state index in [0.29, 0.717) is 11.1 Å². The number of nitrogens with zero attached hydrogens (tertiary/aromatic N) is 1. The molecule has 2 rings (SSSR count). The first-order chi connectivity index (χ1) is 9.43. The van der Waals surface area contributed by atoms with Crippen molar-refractivity contribution < 1.29 is 17.6 Å². The van der Waals surface area contributed by atoms with Crippen LogP contribution in [0.5, 0.6) is 0 Å². The summed E-state index contributed by atoms with van der Waals surface area (Å²) in [5.74, 6) is -0.558. The second kappa shape index (κ2) is 5.33. The predicted molar refractivity (Wildman–Crippen MR) is 66.2 cm³/mol. The Labute approximate surface area is 113 Å². The molecule has 0 unspecified atom stereocenters. The van der Waals surface area contributed by atoms with E-state index >= 15 is 0 Å². The van der Waals surface area contributed by atoms with E-state index in [-0.39, 0.29) is 12.0 Å². The fourth-order valence-electron chi connectivity index (χ4n) is 1.95. The van der Waals surface area contributed by atoms with Gasteiger partial charge in [-0.25, -0.2) is 4.39 Å². The van der Waals surface area contributed by atoms with Gasteiger partial charge in [-0.15, -0.1) is 0 Å². The molecule has 2 aromatic rings. The first kappa shape index (κ1) is 14.1. The molecule has 20 heavy (non-hydrogen) atoms. The average molecular weight is 279 g/mol. The van der Waals surface area contributed by atoms with Crippen molar-refractivity contribution in [3.63, 3.8) is 0 Å². The van der Waals surface area contributed by atoms with Gasteiger partial charge in [0.15, 0.2) is 0 Å². The number of hydrogen-bond donors (Lipinski definition) is 0. The lowest BCUT2D eigenvalue weighted by molar-refractivity contribution is -0.137. The normalized spacial score (nSPS) is 11.2. The fourth-order valence-corrected chi connectivity index (χ4v) is 1.95. The summed E-state index contributed by atoms with van der Waals surface area (Å²) < 4.78 is 51.3. The number of alkyl halides is 3. The molecule has 0 bridgehead atoms. The van der Waals surface area contributed by atoms with Gasteiger partial charge in [-0.2, -0.15) is 18.4 Å². The Morgan fingerprint density at radius 1 is 1.00 bits per heavy atom. The summed E-state index contributed by atoms with van der Waals surface area (Å²) in [6, 6.07) is 10.4. The molecule has 0 aliphatic rings. The van der Waals surface area contributed by atoms with Gasteiger partial charge in [0.25, 0.3) is 0 Å². The predicted octanol–water partition coefficient (Wildman–Crippen LogP) is 4.58. The van der Waals surface area contributed by atoms with Crippen LogP contribution in [0.4, 0.5) is 17.6 Å². The molecule has 0 N–H and O–H groups in total. The van der Waals surface area contributed by atoms with Crippen LogP contribution in [-0.2, 0) is 12.6 Å². The van der Waals surface area contributed by atoms with Crippen molar-refractivity contribution in [3.05, 3.63) is 59.4 Å². The zero-order valence-corrected chi connectivity index (χ0v) is 10.2. The van der Waals surface area contributed by atoms with Crippen LogP contribution in [-0.4, -0.2) is 0 Å². The monoisotopic (exact) mass is 279 g/mol. The van der Waals surface area contributed by atoms with Crippen LogP contribution < -0.4 is 0 Å². The lowest BCUT2D eigenvalue weighted by Crippen LogP contribution is -2.04. The lowest BCUT2D eigenvalue weighted by Gasteiger charge is -2.11. The van der Waals surface area contributed by atoms with Crippen LogP contribution in [0.2, 0.25) is 0 Å². The molecule has 0 heterocycles. The van der Waals surface area contributed by atoms with Crippen molar-refractivity contribution in [1.29, 1.82) is 5.26 Å². The average Bonchev–Trinajstić information content (AvgIpc) is 2.38. The number of halogens is 4. The quantitative estimate of drug-likeness (QED) is 0.738. The zero-order valence-electron chi connectivity index (χ0n) is 10.2. The third-order valence-electron chi connectivity index (χ3n) is 2.87. The van der Waals surface area contributed by atoms with Crippen molar-refractivity contribution in [2.75, 3.05) is 0 Å². The third kappa shape index (κ3) is 2.80. The maximum absolute atomic E-state index is 13.9. The van der Waals surface area contributed by atoms with E-state index in [4.69, 9.17) is 5.26 Å². The molecular formula is C15H9F4N. The molecule has 1 nitrogen and oxygen atoms in total. The van der Waals surface area contributed by atoms with Crippen molar-refractivity contribution in [3.8, 4) is 17.2 Å². The first-order valence-electron chi connectivity index (χ1n) is 5.75. The van der Waals surface area contributed by atoms with Gasteiger partial charge in [-0.05, 0) is 29.3 Å². The summed E-state index contributed by atoms with van der Waals surface area (Å²) in [6.45, 7) is 0. The Balaban J connectivity index is 2.50. The van der Waals surface area contributed by atoms with E-state index in [0.717, 1.165) is 12.1 Å². The van der Waals surface area contributed by atoms with Crippen molar-refractivity contribution in [2.24, 2.45) is 0 Å². The van der Waals surface area contributed by atoms with E-state index in [1.807, 2.05) is 6.07 Å². The third-order valence-corrected chi connectivity index (χ3v) is 2.87. The molecule has 102 valence electrons. The van der Waals surface area contributed by atoms with Gasteiger partial charge in [0.2, 0.25) is 0 Å². The van der Waals surface area contributed by atoms with Crippen molar-refractivity contribution in [1.82, 2.24) is 0 Å². The minimum atomic E-state index is -4.43. The van der Waals surface area contributed by atoms with Gasteiger partial charge in [-0.1, -0.05) is 24.3 Å². The molecule has 0 radical (unpaired) electrons. The second-order valence-corrected chi connectivity index (χ2v) is 4.18. The van der Waals surface area contributed by atoms with Crippen LogP contribution in [0.1, 0.15) is 11.1 Å². The van der Waals surface area contributed by atoms with E-state index in [2.05, 4.69) is 0 Å². The molecule has 0 aromatic heterocycles. The minimum Gasteiger partial charge on any atom is -0.206 e. The molecular weight excluding hydrogens is 270 g/mol. The maximum atomic E-state index is 13.9. The van der Waals surface area contributed by atoms with Gasteiger partial charge in [0.05, 0.1) is 18.1 Å². The first-order valence-corrected chi connectivity index (χ1v) is 5.75. The van der Waals surface area contributed by atoms with Gasteiger partial charge in [0.1, 0.15) is 5.82 Å². The molecule has 0 atom stereocenters. The number of nitriles is 1. The highest BCUT2D eigenvalue weighted by molar-refractivity contribution is 5.68. The summed E-state index contributed by atoms with van der Waals surface area (Å²) in [5, 5.41) is 8.71. The summed E-state index contributed by atoms with van der Waals surface area (Å²) in [5.41, 5.74) is 0.149. The molecule has 5 heteroatoms. The van der Waals surface area contributed by atoms with Gasteiger partial charge < -0.3 is 0 Å². The number of rotatable bonds is 2. The highest BCUT2D eigenvalue weighted by atomic mass is 19.4. The zero-order chi connectivity index (χ0) is 14.8. The summed E-state index contributed by atoms with van der Waals surface area (Å²) >= 11 is 0. The summed E-state index contributed by atoms with van der Waals surface area (Å²) in [7, 11) is 0. The fraction of sp³-hybridized carbons (Fsp3) is 0.133. The topological polar surface area (TPSA) is 23.8 Å². The van der Waals surface area contributed by atoms with E-state index in [1.54, 1.807) is 6.07 Å². The summed E-state index contributed by atoms with van der Waals surface area (Å²) in [4.78, 5) is 0. The molecule has 0 amide bonds. The van der Waals surface area contributed by atoms with E-state index in [1.165, 1.54) is 24.3 Å².